The van der Waals surface area contributed by atoms with Gasteiger partial charge in [-0.25, -0.2) is 0 Å². The Bertz CT molecular complexity index is 1870. The minimum absolute atomic E-state index is 0.278. The maximum absolute atomic E-state index is 5.41. The fraction of sp³-hybridized carbons (Fsp3) is 0.423. The average molecular weight is 771 g/mol. The molecule has 0 aliphatic carbocycles. The van der Waals surface area contributed by atoms with Crippen LogP contribution in [0.3, 0.4) is 0 Å². The largest absolute Gasteiger partial charge is 0.496 e. The Kier molecular flexibility index (Phi) is 13.6. The third-order valence-corrected chi connectivity index (χ3v) is 15.7. The number of aryl methyl sites for hydroxylation is 12. The van der Waals surface area contributed by atoms with Gasteiger partial charge in [-0.2, -0.15) is 21.9 Å². The normalized spacial score (nSPS) is 12.1. The molecule has 0 unspecified atom stereocenters. The fourth-order valence-electron chi connectivity index (χ4n) is 11.3. The van der Waals surface area contributed by atoms with Crippen LogP contribution in [0.1, 0.15) is 108 Å². The van der Waals surface area contributed by atoms with Crippen molar-refractivity contribution in [2.75, 3.05) is 14.2 Å². The second-order valence-electron chi connectivity index (χ2n) is 19.1. The molecule has 0 N–H and O–H groups in total. The Morgan fingerprint density at radius 3 is 0.750 bits per heavy atom. The van der Waals surface area contributed by atoms with Crippen molar-refractivity contribution in [3.63, 3.8) is 0 Å². The van der Waals surface area contributed by atoms with E-state index >= 15 is 0 Å². The van der Waals surface area contributed by atoms with Gasteiger partial charge in [-0.3, -0.25) is 0 Å². The van der Waals surface area contributed by atoms with Gasteiger partial charge in [0.25, 0.3) is 0 Å². The summed E-state index contributed by atoms with van der Waals surface area (Å²) in [5.74, 6) is 1.76. The average Bonchev–Trinajstić information content (AvgIpc) is 3.01. The lowest BCUT2D eigenvalue weighted by molar-refractivity contribution is 0.395. The van der Waals surface area contributed by atoms with Crippen LogP contribution in [0.4, 0.5) is 0 Å². The van der Waals surface area contributed by atoms with Crippen LogP contribution in [-0.4, -0.2) is 30.7 Å². The van der Waals surface area contributed by atoms with Crippen molar-refractivity contribution < 1.29 is 9.47 Å². The third kappa shape index (κ3) is 9.00. The van der Waals surface area contributed by atoms with Gasteiger partial charge >= 0.3 is 0 Å². The fourth-order valence-corrected chi connectivity index (χ4v) is 15.9. The van der Waals surface area contributed by atoms with E-state index in [1.54, 1.807) is 14.2 Å². The van der Waals surface area contributed by atoms with Gasteiger partial charge in [-0.15, -0.1) is 0 Å². The van der Waals surface area contributed by atoms with E-state index in [2.05, 4.69) is 185 Å². The number of ether oxygens (including phenoxy) is 2. The van der Waals surface area contributed by atoms with Crippen LogP contribution < -0.4 is 36.6 Å². The monoisotopic (exact) mass is 771 g/mol. The lowest BCUT2D eigenvalue weighted by Crippen LogP contribution is -2.78. The highest BCUT2D eigenvalue weighted by Gasteiger charge is 2.44. The summed E-state index contributed by atoms with van der Waals surface area (Å²) in [7, 11) is 2.64. The van der Waals surface area contributed by atoms with Gasteiger partial charge in [0.2, 0.25) is 0 Å². The molecule has 0 aliphatic rings. The summed E-state index contributed by atoms with van der Waals surface area (Å²) in [6.07, 6.45) is -1.48. The summed E-state index contributed by atoms with van der Waals surface area (Å²) in [6, 6.07) is 25.5. The van der Waals surface area contributed by atoms with Crippen LogP contribution in [0, 0.1) is 83.1 Å². The minimum Gasteiger partial charge on any atom is -0.496 e. The predicted molar refractivity (Wildman–Crippen MR) is 254 cm³/mol. The summed E-state index contributed by atoms with van der Waals surface area (Å²) >= 11 is 0. The molecule has 0 saturated carbocycles. The molecule has 0 amide bonds. The van der Waals surface area contributed by atoms with Crippen molar-refractivity contribution >= 4 is 41.2 Å². The minimum atomic E-state index is -1.48. The molecule has 0 bridgehead atoms. The highest BCUT2D eigenvalue weighted by molar-refractivity contribution is 7.68. The molecule has 5 aromatic carbocycles. The predicted octanol–water partition coefficient (Wildman–Crippen LogP) is 10.9. The van der Waals surface area contributed by atoms with Gasteiger partial charge in [0, 0.05) is 26.1 Å². The summed E-state index contributed by atoms with van der Waals surface area (Å²) < 4.78 is 10.8. The molecule has 0 spiro atoms. The SMILES string of the molecule is COc1cc(OC)cc([PH+](C(C)(C)C)C(C)(C)C)c1.Cc1cc(C)c([B-](c2c(C)cc(C)cc2C)(c2c(C)cc(C)cc2C)c2c(C)cc(C)cc2C)c(C)c1. The van der Waals surface area contributed by atoms with Crippen LogP contribution in [0.15, 0.2) is 66.7 Å². The number of hydrogen-bond acceptors (Lipinski definition) is 2. The zero-order valence-corrected chi connectivity index (χ0v) is 39.7. The maximum Gasteiger partial charge on any atom is 0.126 e. The zero-order chi connectivity index (χ0) is 42.2. The van der Waals surface area contributed by atoms with Gasteiger partial charge in [0.1, 0.15) is 17.6 Å². The lowest BCUT2D eigenvalue weighted by Gasteiger charge is -2.51. The van der Waals surface area contributed by atoms with Gasteiger partial charge < -0.3 is 9.47 Å². The highest BCUT2D eigenvalue weighted by atomic mass is 31.1. The molecule has 4 heteroatoms. The first kappa shape index (κ1) is 44.9. The second kappa shape index (κ2) is 17.0. The topological polar surface area (TPSA) is 18.5 Å². The first-order valence-electron chi connectivity index (χ1n) is 20.5. The van der Waals surface area contributed by atoms with Gasteiger partial charge in [0.05, 0.1) is 29.8 Å². The molecule has 5 rings (SSSR count). The third-order valence-electron chi connectivity index (χ3n) is 11.8. The molecule has 300 valence electrons. The standard InChI is InChI=1S/C36H44B.C16H27O2P/c1-21-13-25(5)33(26(6)14-21)37(34-27(7)15-22(2)16-28(34)8,35-29(9)17-23(3)18-30(35)10)36-31(11)19-24(4)20-32(36)12;1-15(2,3)19(16(4,5)6)14-10-12(17-7)9-13(11-14)18-8/h13-20H,1-12H3;9-11H,1-8H3/q-1;/p+1. The van der Waals surface area contributed by atoms with E-state index in [0.29, 0.717) is 0 Å². The van der Waals surface area contributed by atoms with Gasteiger partial charge in [-0.05, 0) is 125 Å². The summed E-state index contributed by atoms with van der Waals surface area (Å²) in [5, 5.41) is 1.93. The first-order valence-corrected chi connectivity index (χ1v) is 22.0. The molecule has 0 aliphatic heterocycles. The Labute approximate surface area is 343 Å². The Hall–Kier alpha value is -3.81. The molecule has 0 saturated heterocycles. The number of hydrogen-bond donors (Lipinski definition) is 0. The van der Waals surface area contributed by atoms with E-state index in [9.17, 15) is 0 Å². The van der Waals surface area contributed by atoms with E-state index in [1.807, 2.05) is 6.07 Å². The number of methoxy groups -OCH3 is 2. The van der Waals surface area contributed by atoms with Crippen molar-refractivity contribution in [2.45, 2.75) is 135 Å². The van der Waals surface area contributed by atoms with E-state index in [0.717, 1.165) is 11.5 Å². The highest BCUT2D eigenvalue weighted by Crippen LogP contribution is 2.58. The van der Waals surface area contributed by atoms with Gasteiger partial charge in [0.15, 0.2) is 0 Å². The Morgan fingerprint density at radius 1 is 0.357 bits per heavy atom. The van der Waals surface area contributed by atoms with Crippen molar-refractivity contribution in [3.8, 4) is 11.5 Å². The number of rotatable bonds is 7. The van der Waals surface area contributed by atoms with Gasteiger partial charge in [-0.1, -0.05) is 115 Å². The molecule has 5 aromatic rings. The first-order chi connectivity index (χ1) is 25.9. The van der Waals surface area contributed by atoms with Crippen molar-refractivity contribution in [1.82, 2.24) is 0 Å². The summed E-state index contributed by atoms with van der Waals surface area (Å²) in [5.41, 5.74) is 22.4. The summed E-state index contributed by atoms with van der Waals surface area (Å²) in [6.45, 7) is 41.6. The zero-order valence-electron chi connectivity index (χ0n) is 38.7. The molecular formula is C52H72BO2P. The molecule has 0 heterocycles. The molecule has 0 atom stereocenters. The maximum atomic E-state index is 5.41. The smallest absolute Gasteiger partial charge is 0.126 e. The van der Waals surface area contributed by atoms with Crippen LogP contribution in [-0.2, 0) is 0 Å². The molecule has 0 aromatic heterocycles. The van der Waals surface area contributed by atoms with Crippen molar-refractivity contribution in [1.29, 1.82) is 0 Å². The van der Waals surface area contributed by atoms with Crippen LogP contribution in [0.2, 0.25) is 0 Å². The van der Waals surface area contributed by atoms with E-state index < -0.39 is 14.1 Å². The quantitative estimate of drug-likeness (QED) is 0.121. The summed E-state index contributed by atoms with van der Waals surface area (Å²) in [4.78, 5) is 0. The molecule has 0 fully saturated rings. The van der Waals surface area contributed by atoms with Crippen molar-refractivity contribution in [3.05, 3.63) is 133 Å². The number of benzene rings is 5. The second-order valence-corrected chi connectivity index (χ2v) is 23.4. The molecule has 56 heavy (non-hydrogen) atoms. The Balaban J connectivity index is 0.000000309. The molecule has 2 nitrogen and oxygen atoms in total. The molecular weight excluding hydrogens is 698 g/mol. The van der Waals surface area contributed by atoms with Crippen molar-refractivity contribution in [2.24, 2.45) is 0 Å². The van der Waals surface area contributed by atoms with Crippen LogP contribution in [0.25, 0.3) is 0 Å². The van der Waals surface area contributed by atoms with E-state index in [-0.39, 0.29) is 10.3 Å². The van der Waals surface area contributed by atoms with Crippen LogP contribution >= 0.6 is 7.92 Å². The Morgan fingerprint density at radius 2 is 0.571 bits per heavy atom. The van der Waals surface area contributed by atoms with Crippen LogP contribution in [0.5, 0.6) is 11.5 Å². The lowest BCUT2D eigenvalue weighted by atomic mass is 9.10. The molecule has 0 radical (unpaired) electrons. The van der Waals surface area contributed by atoms with E-state index in [1.165, 1.54) is 93.9 Å². The van der Waals surface area contributed by atoms with E-state index in [4.69, 9.17) is 9.47 Å².